The summed E-state index contributed by atoms with van der Waals surface area (Å²) >= 11 is 5.62. The van der Waals surface area contributed by atoms with Gasteiger partial charge in [-0.15, -0.1) is 0 Å². The molecule has 0 aliphatic carbocycles. The van der Waals surface area contributed by atoms with Crippen LogP contribution in [-0.2, 0) is 29.2 Å². The van der Waals surface area contributed by atoms with Gasteiger partial charge in [0.15, 0.2) is 0 Å². The number of rotatable bonds is 2. The molecule has 0 radical (unpaired) electrons. The smallest absolute Gasteiger partial charge is 0.207 e. The first-order valence-electron chi connectivity index (χ1n) is 7.13. The molecule has 0 aromatic heterocycles. The monoisotopic (exact) mass is 375 g/mol. The van der Waals surface area contributed by atoms with E-state index in [0.29, 0.717) is 12.5 Å². The van der Waals surface area contributed by atoms with Gasteiger partial charge in [-0.2, -0.15) is 17.5 Å². The summed E-state index contributed by atoms with van der Waals surface area (Å²) in [6.45, 7) is 0.192. The van der Waals surface area contributed by atoms with Crippen LogP contribution < -0.4 is 0 Å². The molecular weight excluding hydrogens is 363 g/mol. The van der Waals surface area contributed by atoms with Crippen LogP contribution in [0.2, 0.25) is 5.02 Å². The number of alkyl halides is 3. The SMILES string of the molecule is O=S(=O)(c1ccc(Cl)cc1C(F)(F)F)N1CCc2ccccc2C1. The number of fused-ring (bicyclic) bond motifs is 1. The zero-order chi connectivity index (χ0) is 17.5. The van der Waals surface area contributed by atoms with Crippen LogP contribution in [0.4, 0.5) is 13.2 Å². The molecule has 3 nitrogen and oxygen atoms in total. The third-order valence-corrected chi connectivity index (χ3v) is 6.10. The Morgan fingerprint density at radius 1 is 1.04 bits per heavy atom. The van der Waals surface area contributed by atoms with Crippen LogP contribution in [0.1, 0.15) is 16.7 Å². The Morgan fingerprint density at radius 2 is 1.71 bits per heavy atom. The second-order valence-electron chi connectivity index (χ2n) is 5.50. The highest BCUT2D eigenvalue weighted by molar-refractivity contribution is 7.89. The van der Waals surface area contributed by atoms with Crippen LogP contribution in [0.5, 0.6) is 0 Å². The lowest BCUT2D eigenvalue weighted by atomic mass is 10.0. The van der Waals surface area contributed by atoms with Crippen LogP contribution in [0.15, 0.2) is 47.4 Å². The molecule has 1 heterocycles. The molecule has 0 fully saturated rings. The molecule has 3 rings (SSSR count). The van der Waals surface area contributed by atoms with E-state index in [4.69, 9.17) is 11.6 Å². The molecule has 2 aromatic rings. The van der Waals surface area contributed by atoms with Crippen molar-refractivity contribution in [1.29, 1.82) is 0 Å². The van der Waals surface area contributed by atoms with Crippen molar-refractivity contribution in [3.05, 3.63) is 64.2 Å². The van der Waals surface area contributed by atoms with Gasteiger partial charge in [-0.3, -0.25) is 0 Å². The van der Waals surface area contributed by atoms with Crippen molar-refractivity contribution in [2.45, 2.75) is 24.0 Å². The number of hydrogen-bond acceptors (Lipinski definition) is 2. The Bertz CT molecular complexity index is 881. The van der Waals surface area contributed by atoms with E-state index in [2.05, 4.69) is 0 Å². The molecule has 128 valence electrons. The van der Waals surface area contributed by atoms with Gasteiger partial charge in [0, 0.05) is 18.1 Å². The van der Waals surface area contributed by atoms with Crippen LogP contribution >= 0.6 is 11.6 Å². The highest BCUT2D eigenvalue weighted by atomic mass is 35.5. The van der Waals surface area contributed by atoms with Crippen LogP contribution in [0.25, 0.3) is 0 Å². The summed E-state index contributed by atoms with van der Waals surface area (Å²) in [5.41, 5.74) is 0.569. The molecule has 0 bridgehead atoms. The van der Waals surface area contributed by atoms with Crippen molar-refractivity contribution in [3.8, 4) is 0 Å². The van der Waals surface area contributed by atoms with Crippen LogP contribution in [0.3, 0.4) is 0 Å². The Balaban J connectivity index is 2.04. The number of halogens is 4. The Hall–Kier alpha value is -1.57. The van der Waals surface area contributed by atoms with Crippen molar-refractivity contribution in [2.24, 2.45) is 0 Å². The molecule has 0 saturated heterocycles. The quantitative estimate of drug-likeness (QED) is 0.792. The van der Waals surface area contributed by atoms with Gasteiger partial charge < -0.3 is 0 Å². The fourth-order valence-corrected chi connectivity index (χ4v) is 4.55. The van der Waals surface area contributed by atoms with Gasteiger partial charge in [0.25, 0.3) is 0 Å². The van der Waals surface area contributed by atoms with Crippen LogP contribution in [-0.4, -0.2) is 19.3 Å². The van der Waals surface area contributed by atoms with Crippen molar-refractivity contribution < 1.29 is 21.6 Å². The van der Waals surface area contributed by atoms with E-state index in [-0.39, 0.29) is 18.1 Å². The Labute approximate surface area is 142 Å². The van der Waals surface area contributed by atoms with Crippen molar-refractivity contribution in [3.63, 3.8) is 0 Å². The van der Waals surface area contributed by atoms with E-state index in [0.717, 1.165) is 27.6 Å². The molecule has 24 heavy (non-hydrogen) atoms. The van der Waals surface area contributed by atoms with Crippen LogP contribution in [0, 0.1) is 0 Å². The van der Waals surface area contributed by atoms with E-state index >= 15 is 0 Å². The maximum Gasteiger partial charge on any atom is 0.417 e. The number of hydrogen-bond donors (Lipinski definition) is 0. The average Bonchev–Trinajstić information content (AvgIpc) is 2.53. The molecule has 2 aromatic carbocycles. The molecule has 0 saturated carbocycles. The van der Waals surface area contributed by atoms with Gasteiger partial charge in [-0.1, -0.05) is 35.9 Å². The molecule has 1 aliphatic heterocycles. The number of benzene rings is 2. The predicted molar refractivity (Wildman–Crippen MR) is 84.2 cm³/mol. The standard InChI is InChI=1S/C16H13ClF3NO2S/c17-13-5-6-15(14(9-13)16(18,19)20)24(22,23)21-8-7-11-3-1-2-4-12(11)10-21/h1-6,9H,7-8,10H2. The third-order valence-electron chi connectivity index (χ3n) is 3.96. The largest absolute Gasteiger partial charge is 0.417 e. The van der Waals surface area contributed by atoms with E-state index in [1.807, 2.05) is 12.1 Å². The molecule has 1 aliphatic rings. The van der Waals surface area contributed by atoms with Crippen molar-refractivity contribution >= 4 is 21.6 Å². The first-order valence-corrected chi connectivity index (χ1v) is 8.95. The van der Waals surface area contributed by atoms with E-state index in [1.54, 1.807) is 12.1 Å². The lowest BCUT2D eigenvalue weighted by molar-refractivity contribution is -0.139. The Kier molecular flexibility index (Phi) is 4.36. The molecule has 0 spiro atoms. The highest BCUT2D eigenvalue weighted by Crippen LogP contribution is 2.37. The van der Waals surface area contributed by atoms with Gasteiger partial charge in [0.1, 0.15) is 0 Å². The van der Waals surface area contributed by atoms with Gasteiger partial charge in [-0.25, -0.2) is 8.42 Å². The Morgan fingerprint density at radius 3 is 2.38 bits per heavy atom. The topological polar surface area (TPSA) is 37.4 Å². The van der Waals surface area contributed by atoms with E-state index in [1.165, 1.54) is 0 Å². The molecular formula is C16H13ClF3NO2S. The van der Waals surface area contributed by atoms with Gasteiger partial charge >= 0.3 is 6.18 Å². The minimum absolute atomic E-state index is 0.0540. The summed E-state index contributed by atoms with van der Waals surface area (Å²) in [4.78, 5) is -0.765. The summed E-state index contributed by atoms with van der Waals surface area (Å²) in [6.07, 6.45) is -4.34. The highest BCUT2D eigenvalue weighted by Gasteiger charge is 2.39. The summed E-state index contributed by atoms with van der Waals surface area (Å²) < 4.78 is 66.3. The maximum absolute atomic E-state index is 13.2. The summed E-state index contributed by atoms with van der Waals surface area (Å²) in [5.74, 6) is 0. The second-order valence-corrected chi connectivity index (χ2v) is 7.84. The molecule has 0 N–H and O–H groups in total. The number of sulfonamides is 1. The van der Waals surface area contributed by atoms with Gasteiger partial charge in [-0.05, 0) is 35.7 Å². The fourth-order valence-electron chi connectivity index (χ4n) is 2.76. The minimum Gasteiger partial charge on any atom is -0.207 e. The minimum atomic E-state index is -4.80. The maximum atomic E-state index is 13.2. The summed E-state index contributed by atoms with van der Waals surface area (Å²) in [7, 11) is -4.28. The zero-order valence-electron chi connectivity index (χ0n) is 12.3. The summed E-state index contributed by atoms with van der Waals surface area (Å²) in [5, 5.41) is -0.162. The van der Waals surface area contributed by atoms with Crippen molar-refractivity contribution in [1.82, 2.24) is 4.31 Å². The first-order chi connectivity index (χ1) is 11.2. The van der Waals surface area contributed by atoms with E-state index < -0.39 is 26.7 Å². The van der Waals surface area contributed by atoms with Gasteiger partial charge in [0.05, 0.1) is 10.5 Å². The zero-order valence-corrected chi connectivity index (χ0v) is 13.9. The lowest BCUT2D eigenvalue weighted by Gasteiger charge is -2.29. The average molecular weight is 376 g/mol. The number of nitrogens with zero attached hydrogens (tertiary/aromatic N) is 1. The third kappa shape index (κ3) is 3.16. The van der Waals surface area contributed by atoms with Gasteiger partial charge in [0.2, 0.25) is 10.0 Å². The normalized spacial score (nSPS) is 16.0. The molecule has 0 atom stereocenters. The second kappa shape index (κ2) is 6.06. The molecule has 0 amide bonds. The first kappa shape index (κ1) is 17.3. The predicted octanol–water partition coefficient (Wildman–Crippen LogP) is 4.11. The summed E-state index contributed by atoms with van der Waals surface area (Å²) in [6, 6.07) is 10.0. The molecule has 8 heteroatoms. The molecule has 0 unspecified atom stereocenters. The lowest BCUT2D eigenvalue weighted by Crippen LogP contribution is -2.36. The van der Waals surface area contributed by atoms with E-state index in [9.17, 15) is 21.6 Å². The van der Waals surface area contributed by atoms with Crippen molar-refractivity contribution in [2.75, 3.05) is 6.54 Å². The fraction of sp³-hybridized carbons (Fsp3) is 0.250.